The molecule has 0 aromatic heterocycles. The Hall–Kier alpha value is -1.84. The normalized spacial score (nSPS) is 10.1. The number of nitrogens with one attached hydrogen (secondary N) is 1. The van der Waals surface area contributed by atoms with Crippen molar-refractivity contribution in [2.45, 2.75) is 26.3 Å². The van der Waals surface area contributed by atoms with Crippen molar-refractivity contribution >= 4 is 12.2 Å². The number of aldehydes is 1. The van der Waals surface area contributed by atoms with Gasteiger partial charge in [-0.2, -0.15) is 0 Å². The zero-order valence-electron chi connectivity index (χ0n) is 10.1. The van der Waals surface area contributed by atoms with Crippen LogP contribution in [0.5, 0.6) is 5.75 Å². The van der Waals surface area contributed by atoms with Gasteiger partial charge in [0.05, 0.1) is 13.0 Å². The van der Waals surface area contributed by atoms with Crippen LogP contribution in [0.4, 0.5) is 0 Å². The third-order valence-corrected chi connectivity index (χ3v) is 2.06. The van der Waals surface area contributed by atoms with Crippen molar-refractivity contribution in [2.24, 2.45) is 0 Å². The van der Waals surface area contributed by atoms with Gasteiger partial charge >= 0.3 is 0 Å². The lowest BCUT2D eigenvalue weighted by molar-refractivity contribution is -0.122. The Bertz CT molecular complexity index is 371. The maximum atomic E-state index is 11.3. The number of carbonyl (C=O) groups is 2. The van der Waals surface area contributed by atoms with E-state index in [-0.39, 0.29) is 11.9 Å². The Morgan fingerprint density at radius 3 is 2.53 bits per heavy atom. The number of ether oxygens (including phenoxy) is 1. The molecule has 1 rings (SSSR count). The zero-order chi connectivity index (χ0) is 12.7. The van der Waals surface area contributed by atoms with Gasteiger partial charge in [-0.3, -0.25) is 9.59 Å². The van der Waals surface area contributed by atoms with Crippen LogP contribution in [0, 0.1) is 0 Å². The first-order valence-corrected chi connectivity index (χ1v) is 5.59. The molecule has 1 aromatic carbocycles. The molecule has 1 N–H and O–H groups in total. The molecule has 0 saturated carbocycles. The van der Waals surface area contributed by atoms with Gasteiger partial charge in [0.2, 0.25) is 5.91 Å². The number of benzene rings is 1. The maximum Gasteiger partial charge on any atom is 0.223 e. The highest BCUT2D eigenvalue weighted by Crippen LogP contribution is 2.11. The highest BCUT2D eigenvalue weighted by molar-refractivity contribution is 5.76. The lowest BCUT2D eigenvalue weighted by Gasteiger charge is -2.09. The summed E-state index contributed by atoms with van der Waals surface area (Å²) >= 11 is 0. The van der Waals surface area contributed by atoms with Crippen molar-refractivity contribution < 1.29 is 14.3 Å². The van der Waals surface area contributed by atoms with E-state index < -0.39 is 0 Å². The molecular weight excluding hydrogens is 218 g/mol. The number of hydrogen-bond acceptors (Lipinski definition) is 3. The Balaban J connectivity index is 2.30. The lowest BCUT2D eigenvalue weighted by atomic mass is 10.2. The summed E-state index contributed by atoms with van der Waals surface area (Å²) < 4.78 is 5.38. The topological polar surface area (TPSA) is 55.4 Å². The van der Waals surface area contributed by atoms with Gasteiger partial charge in [0.15, 0.2) is 0 Å². The van der Waals surface area contributed by atoms with Crippen LogP contribution in [0.2, 0.25) is 0 Å². The molecule has 0 heterocycles. The van der Waals surface area contributed by atoms with E-state index in [1.807, 2.05) is 13.8 Å². The summed E-state index contributed by atoms with van der Waals surface area (Å²) in [5.41, 5.74) is 0.606. The van der Waals surface area contributed by atoms with Gasteiger partial charge in [-0.1, -0.05) is 0 Å². The van der Waals surface area contributed by atoms with E-state index in [1.165, 1.54) is 0 Å². The molecule has 0 radical (unpaired) electrons. The second kappa shape index (κ2) is 6.68. The van der Waals surface area contributed by atoms with Crippen LogP contribution >= 0.6 is 0 Å². The van der Waals surface area contributed by atoms with Crippen molar-refractivity contribution in [3.8, 4) is 5.75 Å². The second-order valence-electron chi connectivity index (χ2n) is 4.01. The van der Waals surface area contributed by atoms with Crippen LogP contribution in [-0.4, -0.2) is 24.8 Å². The molecule has 0 unspecified atom stereocenters. The van der Waals surface area contributed by atoms with Crippen LogP contribution in [-0.2, 0) is 4.79 Å². The van der Waals surface area contributed by atoms with Gasteiger partial charge in [0.25, 0.3) is 0 Å². The Morgan fingerprint density at radius 1 is 1.35 bits per heavy atom. The molecular formula is C13H17NO3. The van der Waals surface area contributed by atoms with E-state index in [0.717, 1.165) is 6.29 Å². The van der Waals surface area contributed by atoms with E-state index in [9.17, 15) is 9.59 Å². The van der Waals surface area contributed by atoms with Gasteiger partial charge in [0.1, 0.15) is 12.0 Å². The predicted octanol–water partition coefficient (Wildman–Crippen LogP) is 1.79. The number of amides is 1. The number of carbonyl (C=O) groups excluding carboxylic acids is 2. The van der Waals surface area contributed by atoms with Crippen molar-refractivity contribution in [1.82, 2.24) is 5.32 Å². The largest absolute Gasteiger partial charge is 0.493 e. The summed E-state index contributed by atoms with van der Waals surface area (Å²) in [6.45, 7) is 4.16. The molecule has 1 aromatic rings. The quantitative estimate of drug-likeness (QED) is 0.765. The van der Waals surface area contributed by atoms with Crippen LogP contribution in [0.15, 0.2) is 24.3 Å². The highest BCUT2D eigenvalue weighted by Gasteiger charge is 2.03. The van der Waals surface area contributed by atoms with E-state index in [1.54, 1.807) is 24.3 Å². The van der Waals surface area contributed by atoms with E-state index in [2.05, 4.69) is 5.32 Å². The van der Waals surface area contributed by atoms with Gasteiger partial charge in [-0.15, -0.1) is 0 Å². The summed E-state index contributed by atoms with van der Waals surface area (Å²) in [7, 11) is 0. The molecule has 0 fully saturated rings. The fraction of sp³-hybridized carbons (Fsp3) is 0.385. The predicted molar refractivity (Wildman–Crippen MR) is 65.2 cm³/mol. The lowest BCUT2D eigenvalue weighted by Crippen LogP contribution is -2.31. The standard InChI is InChI=1S/C13H17NO3/c1-10(2)14-13(16)7-8-17-12-5-3-11(9-15)4-6-12/h3-6,9-10H,7-8H2,1-2H3,(H,14,16). The molecule has 92 valence electrons. The highest BCUT2D eigenvalue weighted by atomic mass is 16.5. The van der Waals surface area contributed by atoms with Gasteiger partial charge in [-0.25, -0.2) is 0 Å². The van der Waals surface area contributed by atoms with Crippen molar-refractivity contribution in [1.29, 1.82) is 0 Å². The third-order valence-electron chi connectivity index (χ3n) is 2.06. The van der Waals surface area contributed by atoms with Crippen molar-refractivity contribution in [3.63, 3.8) is 0 Å². The Labute approximate surface area is 101 Å². The second-order valence-corrected chi connectivity index (χ2v) is 4.01. The number of hydrogen-bond donors (Lipinski definition) is 1. The van der Waals surface area contributed by atoms with Crippen molar-refractivity contribution in [3.05, 3.63) is 29.8 Å². The smallest absolute Gasteiger partial charge is 0.223 e. The summed E-state index contributed by atoms with van der Waals surface area (Å²) in [6, 6.07) is 6.93. The Morgan fingerprint density at radius 2 is 2.00 bits per heavy atom. The molecule has 0 spiro atoms. The molecule has 4 heteroatoms. The van der Waals surface area contributed by atoms with Crippen LogP contribution in [0.3, 0.4) is 0 Å². The molecule has 17 heavy (non-hydrogen) atoms. The minimum absolute atomic E-state index is 0.0236. The fourth-order valence-electron chi connectivity index (χ4n) is 1.30. The average Bonchev–Trinajstić information content (AvgIpc) is 2.29. The van der Waals surface area contributed by atoms with E-state index in [4.69, 9.17) is 4.74 Å². The first-order chi connectivity index (χ1) is 8.11. The molecule has 0 atom stereocenters. The summed E-state index contributed by atoms with van der Waals surface area (Å²) in [6.07, 6.45) is 1.10. The molecule has 4 nitrogen and oxygen atoms in total. The summed E-state index contributed by atoms with van der Waals surface area (Å²) in [5, 5.41) is 2.78. The first kappa shape index (κ1) is 13.2. The monoisotopic (exact) mass is 235 g/mol. The van der Waals surface area contributed by atoms with Crippen LogP contribution in [0.1, 0.15) is 30.6 Å². The van der Waals surface area contributed by atoms with Gasteiger partial charge < -0.3 is 10.1 Å². The van der Waals surface area contributed by atoms with Gasteiger partial charge in [0, 0.05) is 11.6 Å². The number of rotatable bonds is 6. The molecule has 0 aliphatic rings. The molecule has 0 aliphatic heterocycles. The molecule has 0 saturated heterocycles. The minimum atomic E-state index is -0.0236. The Kier molecular flexibility index (Phi) is 5.20. The molecule has 1 amide bonds. The maximum absolute atomic E-state index is 11.3. The van der Waals surface area contributed by atoms with Gasteiger partial charge in [-0.05, 0) is 38.1 Å². The van der Waals surface area contributed by atoms with Crippen LogP contribution in [0.25, 0.3) is 0 Å². The SMILES string of the molecule is CC(C)NC(=O)CCOc1ccc(C=O)cc1. The average molecular weight is 235 g/mol. The minimum Gasteiger partial charge on any atom is -0.493 e. The fourth-order valence-corrected chi connectivity index (χ4v) is 1.30. The van der Waals surface area contributed by atoms with Crippen molar-refractivity contribution in [2.75, 3.05) is 6.61 Å². The van der Waals surface area contributed by atoms with Crippen LogP contribution < -0.4 is 10.1 Å². The third kappa shape index (κ3) is 5.15. The summed E-state index contributed by atoms with van der Waals surface area (Å²) in [4.78, 5) is 21.7. The first-order valence-electron chi connectivity index (χ1n) is 5.59. The molecule has 0 aliphatic carbocycles. The zero-order valence-corrected chi connectivity index (χ0v) is 10.1. The van der Waals surface area contributed by atoms with E-state index in [0.29, 0.717) is 24.3 Å². The summed E-state index contributed by atoms with van der Waals surface area (Å²) in [5.74, 6) is 0.637. The molecule has 0 bridgehead atoms. The van der Waals surface area contributed by atoms with E-state index >= 15 is 0 Å².